The molecule has 0 atom stereocenters. The Balaban J connectivity index is 1.69. The van der Waals surface area contributed by atoms with Gasteiger partial charge in [0.05, 0.1) is 0 Å². The van der Waals surface area contributed by atoms with E-state index in [-0.39, 0.29) is 0 Å². The molecule has 20 heavy (non-hydrogen) atoms. The average molecular weight is 265 g/mol. The molecule has 4 bridgehead atoms. The van der Waals surface area contributed by atoms with Crippen molar-refractivity contribution in [1.82, 2.24) is 4.40 Å². The van der Waals surface area contributed by atoms with E-state index in [2.05, 4.69) is 41.8 Å². The van der Waals surface area contributed by atoms with Crippen LogP contribution in [0, 0.1) is 24.7 Å². The third-order valence-corrected chi connectivity index (χ3v) is 6.54. The Morgan fingerprint density at radius 2 is 1.65 bits per heavy atom. The van der Waals surface area contributed by atoms with Crippen LogP contribution in [0.5, 0.6) is 0 Å². The van der Waals surface area contributed by atoms with Crippen LogP contribution in [0.4, 0.5) is 0 Å². The predicted molar refractivity (Wildman–Crippen MR) is 82.0 cm³/mol. The first-order valence-electron chi connectivity index (χ1n) is 8.31. The summed E-state index contributed by atoms with van der Waals surface area (Å²) in [7, 11) is 0. The molecule has 2 aromatic rings. The van der Waals surface area contributed by atoms with Gasteiger partial charge in [-0.25, -0.2) is 0 Å². The van der Waals surface area contributed by atoms with E-state index in [4.69, 9.17) is 0 Å². The van der Waals surface area contributed by atoms with E-state index < -0.39 is 0 Å². The highest BCUT2D eigenvalue weighted by molar-refractivity contribution is 5.55. The maximum Gasteiger partial charge on any atom is 0.0455 e. The normalized spacial score (nSPS) is 38.8. The van der Waals surface area contributed by atoms with Crippen LogP contribution >= 0.6 is 0 Å². The minimum Gasteiger partial charge on any atom is -0.321 e. The van der Waals surface area contributed by atoms with Crippen molar-refractivity contribution >= 4 is 5.52 Å². The van der Waals surface area contributed by atoms with Crippen molar-refractivity contribution in [3.63, 3.8) is 0 Å². The lowest BCUT2D eigenvalue weighted by molar-refractivity contribution is -0.00542. The van der Waals surface area contributed by atoms with E-state index in [0.29, 0.717) is 5.41 Å². The summed E-state index contributed by atoms with van der Waals surface area (Å²) >= 11 is 0. The van der Waals surface area contributed by atoms with Crippen molar-refractivity contribution < 1.29 is 0 Å². The second-order valence-corrected chi connectivity index (χ2v) is 7.84. The fraction of sp³-hybridized carbons (Fsp3) is 0.579. The van der Waals surface area contributed by atoms with Crippen molar-refractivity contribution in [2.75, 3.05) is 0 Å². The van der Waals surface area contributed by atoms with Crippen molar-refractivity contribution in [1.29, 1.82) is 0 Å². The first-order chi connectivity index (χ1) is 9.73. The van der Waals surface area contributed by atoms with E-state index >= 15 is 0 Å². The number of rotatable bonds is 1. The van der Waals surface area contributed by atoms with Gasteiger partial charge in [0, 0.05) is 17.4 Å². The maximum absolute atomic E-state index is 2.50. The van der Waals surface area contributed by atoms with Gasteiger partial charge in [-0.05, 0) is 92.4 Å². The van der Waals surface area contributed by atoms with Crippen LogP contribution in [0.2, 0.25) is 0 Å². The van der Waals surface area contributed by atoms with Gasteiger partial charge in [0.1, 0.15) is 0 Å². The monoisotopic (exact) mass is 265 g/mol. The molecule has 0 radical (unpaired) electrons. The van der Waals surface area contributed by atoms with Crippen LogP contribution in [0.15, 0.2) is 30.5 Å². The Morgan fingerprint density at radius 1 is 1.00 bits per heavy atom. The smallest absolute Gasteiger partial charge is 0.0455 e. The van der Waals surface area contributed by atoms with Crippen LogP contribution in [-0.4, -0.2) is 4.40 Å². The molecule has 0 spiro atoms. The molecule has 0 saturated heterocycles. The van der Waals surface area contributed by atoms with Crippen molar-refractivity contribution in [3.05, 3.63) is 41.7 Å². The van der Waals surface area contributed by atoms with Crippen molar-refractivity contribution in [2.24, 2.45) is 17.8 Å². The molecule has 0 aliphatic heterocycles. The van der Waals surface area contributed by atoms with Gasteiger partial charge in [-0.1, -0.05) is 6.07 Å². The zero-order valence-corrected chi connectivity index (χ0v) is 12.3. The molecule has 0 unspecified atom stereocenters. The maximum atomic E-state index is 2.50. The van der Waals surface area contributed by atoms with Crippen molar-refractivity contribution in [3.8, 4) is 0 Å². The summed E-state index contributed by atoms with van der Waals surface area (Å²) in [6.07, 6.45) is 11.2. The Kier molecular flexibility index (Phi) is 2.11. The molecule has 4 aliphatic rings. The molecule has 1 heteroatoms. The average Bonchev–Trinajstić information content (AvgIpc) is 2.76. The molecule has 4 fully saturated rings. The Hall–Kier alpha value is -1.24. The zero-order valence-electron chi connectivity index (χ0n) is 12.3. The largest absolute Gasteiger partial charge is 0.321 e. The summed E-state index contributed by atoms with van der Waals surface area (Å²) in [5.41, 5.74) is 5.10. The van der Waals surface area contributed by atoms with Gasteiger partial charge in [0.15, 0.2) is 0 Å². The van der Waals surface area contributed by atoms with E-state index in [1.807, 2.05) is 0 Å². The Morgan fingerprint density at radius 3 is 2.25 bits per heavy atom. The van der Waals surface area contributed by atoms with Gasteiger partial charge < -0.3 is 4.40 Å². The molecular weight excluding hydrogens is 242 g/mol. The first kappa shape index (κ1) is 11.4. The molecule has 6 rings (SSSR count). The molecule has 4 aliphatic carbocycles. The molecule has 4 saturated carbocycles. The van der Waals surface area contributed by atoms with E-state index in [1.165, 1.54) is 49.7 Å². The minimum absolute atomic E-state index is 0.533. The predicted octanol–water partition coefficient (Wildman–Crippen LogP) is 4.72. The second kappa shape index (κ2) is 3.69. The standard InChI is InChI=1S/C19H23N/c1-13-18(9-17-4-2-3-5-20(13)17)19-10-14-6-15(11-19)8-16(7-14)12-19/h2-5,9,14-16H,6-8,10-12H2,1H3. The second-order valence-electron chi connectivity index (χ2n) is 7.84. The number of fused-ring (bicyclic) bond motifs is 1. The number of aryl methyl sites for hydroxylation is 1. The lowest BCUT2D eigenvalue weighted by Crippen LogP contribution is -2.48. The summed E-state index contributed by atoms with van der Waals surface area (Å²) in [5.74, 6) is 3.09. The first-order valence-corrected chi connectivity index (χ1v) is 8.31. The molecular formula is C19H23N. The molecule has 0 amide bonds. The minimum atomic E-state index is 0.533. The van der Waals surface area contributed by atoms with Gasteiger partial charge in [-0.15, -0.1) is 0 Å². The SMILES string of the molecule is Cc1c(C23CC4CC(CC(C4)C2)C3)cc2ccccn12. The zero-order chi connectivity index (χ0) is 13.3. The van der Waals surface area contributed by atoms with E-state index in [0.717, 1.165) is 17.8 Å². The van der Waals surface area contributed by atoms with Gasteiger partial charge in [0.2, 0.25) is 0 Å². The molecule has 0 N–H and O–H groups in total. The Bertz CT molecular complexity index is 643. The van der Waals surface area contributed by atoms with Crippen LogP contribution in [-0.2, 0) is 5.41 Å². The summed E-state index contributed by atoms with van der Waals surface area (Å²) in [4.78, 5) is 0. The van der Waals surface area contributed by atoms with Gasteiger partial charge in [0.25, 0.3) is 0 Å². The lowest BCUT2D eigenvalue weighted by atomic mass is 9.48. The molecule has 1 nitrogen and oxygen atoms in total. The third kappa shape index (κ3) is 1.39. The Labute approximate surface area is 121 Å². The molecule has 2 aromatic heterocycles. The summed E-state index contributed by atoms with van der Waals surface area (Å²) in [6, 6.07) is 9.08. The third-order valence-electron chi connectivity index (χ3n) is 6.54. The number of pyridine rings is 1. The van der Waals surface area contributed by atoms with Crippen LogP contribution in [0.25, 0.3) is 5.52 Å². The summed E-state index contributed by atoms with van der Waals surface area (Å²) in [6.45, 7) is 2.33. The highest BCUT2D eigenvalue weighted by atomic mass is 14.9. The molecule has 2 heterocycles. The fourth-order valence-electron chi connectivity index (χ4n) is 6.24. The van der Waals surface area contributed by atoms with Gasteiger partial charge in [-0.2, -0.15) is 0 Å². The van der Waals surface area contributed by atoms with Crippen LogP contribution in [0.1, 0.15) is 49.8 Å². The molecule has 0 aromatic carbocycles. The number of aromatic nitrogens is 1. The lowest BCUT2D eigenvalue weighted by Gasteiger charge is -2.57. The summed E-state index contributed by atoms with van der Waals surface area (Å²) < 4.78 is 2.40. The fourth-order valence-corrected chi connectivity index (χ4v) is 6.24. The van der Waals surface area contributed by atoms with Gasteiger partial charge in [-0.3, -0.25) is 0 Å². The molecule has 104 valence electrons. The highest BCUT2D eigenvalue weighted by Gasteiger charge is 2.52. The van der Waals surface area contributed by atoms with Gasteiger partial charge >= 0.3 is 0 Å². The highest BCUT2D eigenvalue weighted by Crippen LogP contribution is 2.61. The van der Waals surface area contributed by atoms with E-state index in [1.54, 1.807) is 5.56 Å². The van der Waals surface area contributed by atoms with Crippen molar-refractivity contribution in [2.45, 2.75) is 50.9 Å². The number of hydrogen-bond acceptors (Lipinski definition) is 0. The quantitative estimate of drug-likeness (QED) is 0.703. The topological polar surface area (TPSA) is 4.41 Å². The van der Waals surface area contributed by atoms with Crippen LogP contribution in [0.3, 0.4) is 0 Å². The number of nitrogens with zero attached hydrogens (tertiary/aromatic N) is 1. The number of hydrogen-bond donors (Lipinski definition) is 0. The van der Waals surface area contributed by atoms with E-state index in [9.17, 15) is 0 Å². The summed E-state index contributed by atoms with van der Waals surface area (Å²) in [5, 5.41) is 0. The van der Waals surface area contributed by atoms with Crippen LogP contribution < -0.4 is 0 Å².